The molecule has 0 N–H and O–H groups in total. The summed E-state index contributed by atoms with van der Waals surface area (Å²) in [6.07, 6.45) is 8.79. The third-order valence-electron chi connectivity index (χ3n) is 6.39. The number of hydrogen-bond donors (Lipinski definition) is 0. The van der Waals surface area contributed by atoms with Gasteiger partial charge in [0.2, 0.25) is 15.9 Å². The van der Waals surface area contributed by atoms with Crippen LogP contribution in [0.15, 0.2) is 27.6 Å². The van der Waals surface area contributed by atoms with Gasteiger partial charge in [-0.1, -0.05) is 11.2 Å². The monoisotopic (exact) mass is 431 g/mol. The van der Waals surface area contributed by atoms with Crippen molar-refractivity contribution in [2.75, 3.05) is 19.7 Å². The van der Waals surface area contributed by atoms with E-state index < -0.39 is 10.0 Å². The highest BCUT2D eigenvalue weighted by molar-refractivity contribution is 7.89. The Morgan fingerprint density at radius 1 is 1.10 bits per heavy atom. The van der Waals surface area contributed by atoms with Gasteiger partial charge in [0.1, 0.15) is 0 Å². The fourth-order valence-electron chi connectivity index (χ4n) is 4.46. The standard InChI is InChI=1S/C22H29N3O4S/c26-30(27,20-10-9-16-4-1-2-5-18(16)14-20)25-12-3-6-19(15-25)28-13-11-21-23-22(29-24-21)17-7-8-17/h9-10,14,17,19H,1-8,11-13,15H2. The molecule has 0 spiro atoms. The van der Waals surface area contributed by atoms with Crippen molar-refractivity contribution in [3.8, 4) is 0 Å². The topological polar surface area (TPSA) is 85.5 Å². The Kier molecular flexibility index (Phi) is 5.64. The summed E-state index contributed by atoms with van der Waals surface area (Å²) < 4.78 is 39.3. The SMILES string of the molecule is O=S(=O)(c1ccc2c(c1)CCCC2)N1CCCC(OCCc2noc(C3CC3)n2)C1. The zero-order chi connectivity index (χ0) is 20.6. The van der Waals surface area contributed by atoms with Crippen LogP contribution in [0.25, 0.3) is 0 Å². The van der Waals surface area contributed by atoms with E-state index in [1.165, 1.54) is 17.5 Å². The molecule has 1 unspecified atom stereocenters. The van der Waals surface area contributed by atoms with Crippen LogP contribution in [0.5, 0.6) is 0 Å². The molecular formula is C22H29N3O4S. The van der Waals surface area contributed by atoms with E-state index in [2.05, 4.69) is 10.1 Å². The normalized spacial score (nSPS) is 22.7. The van der Waals surface area contributed by atoms with Gasteiger partial charge in [0.25, 0.3) is 0 Å². The quantitative estimate of drug-likeness (QED) is 0.669. The molecule has 7 nitrogen and oxygen atoms in total. The Labute approximate surface area is 177 Å². The van der Waals surface area contributed by atoms with Crippen LogP contribution in [-0.2, 0) is 34.0 Å². The van der Waals surface area contributed by atoms with Crippen molar-refractivity contribution in [3.63, 3.8) is 0 Å². The van der Waals surface area contributed by atoms with Gasteiger partial charge in [0.05, 0.1) is 17.6 Å². The summed E-state index contributed by atoms with van der Waals surface area (Å²) in [6.45, 7) is 1.43. The Morgan fingerprint density at radius 2 is 1.93 bits per heavy atom. The summed E-state index contributed by atoms with van der Waals surface area (Å²) in [5, 5.41) is 4.02. The number of hydrogen-bond acceptors (Lipinski definition) is 6. The first kappa shape index (κ1) is 20.2. The second kappa shape index (κ2) is 8.40. The van der Waals surface area contributed by atoms with Crippen LogP contribution in [-0.4, -0.2) is 48.7 Å². The molecule has 8 heteroatoms. The van der Waals surface area contributed by atoms with Gasteiger partial charge in [0, 0.05) is 25.4 Å². The summed E-state index contributed by atoms with van der Waals surface area (Å²) >= 11 is 0. The van der Waals surface area contributed by atoms with Gasteiger partial charge in [0.15, 0.2) is 5.82 Å². The lowest BCUT2D eigenvalue weighted by Crippen LogP contribution is -2.43. The molecule has 0 radical (unpaired) electrons. The highest BCUT2D eigenvalue weighted by atomic mass is 32.2. The average Bonchev–Trinajstić information content (AvgIpc) is 3.52. The Morgan fingerprint density at radius 3 is 2.77 bits per heavy atom. The number of benzene rings is 1. The summed E-state index contributed by atoms with van der Waals surface area (Å²) in [5.74, 6) is 1.86. The molecule has 162 valence electrons. The molecule has 30 heavy (non-hydrogen) atoms. The molecule has 2 aliphatic carbocycles. The zero-order valence-electron chi connectivity index (χ0n) is 17.3. The van der Waals surface area contributed by atoms with Crippen LogP contribution in [0.1, 0.15) is 67.3 Å². The Hall–Kier alpha value is -1.77. The van der Waals surface area contributed by atoms with Crippen LogP contribution in [0.3, 0.4) is 0 Å². The van der Waals surface area contributed by atoms with Gasteiger partial charge in [-0.2, -0.15) is 9.29 Å². The van der Waals surface area contributed by atoms with Gasteiger partial charge in [-0.05, 0) is 74.6 Å². The second-order valence-electron chi connectivity index (χ2n) is 8.71. The molecular weight excluding hydrogens is 402 g/mol. The van der Waals surface area contributed by atoms with Crippen LogP contribution < -0.4 is 0 Å². The maximum Gasteiger partial charge on any atom is 0.243 e. The number of aryl methyl sites for hydroxylation is 2. The van der Waals surface area contributed by atoms with Crippen molar-refractivity contribution in [2.45, 2.75) is 74.7 Å². The largest absolute Gasteiger partial charge is 0.376 e. The molecule has 5 rings (SSSR count). The molecule has 1 saturated carbocycles. The van der Waals surface area contributed by atoms with Gasteiger partial charge in [-0.25, -0.2) is 8.42 Å². The number of sulfonamides is 1. The molecule has 1 aromatic heterocycles. The predicted octanol–water partition coefficient (Wildman–Crippen LogP) is 3.24. The van der Waals surface area contributed by atoms with Gasteiger partial charge < -0.3 is 9.26 Å². The van der Waals surface area contributed by atoms with Crippen molar-refractivity contribution < 1.29 is 17.7 Å². The molecule has 2 fully saturated rings. The van der Waals surface area contributed by atoms with Gasteiger partial charge in [-0.3, -0.25) is 0 Å². The zero-order valence-corrected chi connectivity index (χ0v) is 18.1. The molecule has 0 amide bonds. The fraction of sp³-hybridized carbons (Fsp3) is 0.636. The van der Waals surface area contributed by atoms with Gasteiger partial charge >= 0.3 is 0 Å². The summed E-state index contributed by atoms with van der Waals surface area (Å²) in [5.41, 5.74) is 2.49. The predicted molar refractivity (Wildman–Crippen MR) is 111 cm³/mol. The first-order valence-electron chi connectivity index (χ1n) is 11.2. The van der Waals surface area contributed by atoms with Crippen LogP contribution in [0.2, 0.25) is 0 Å². The highest BCUT2D eigenvalue weighted by Crippen LogP contribution is 2.38. The van der Waals surface area contributed by atoms with Gasteiger partial charge in [-0.15, -0.1) is 0 Å². The molecule has 1 aromatic carbocycles. The molecule has 1 atom stereocenters. The molecule has 1 aliphatic heterocycles. The molecule has 3 aliphatic rings. The summed E-state index contributed by atoms with van der Waals surface area (Å²) in [7, 11) is -3.49. The van der Waals surface area contributed by atoms with E-state index >= 15 is 0 Å². The van der Waals surface area contributed by atoms with E-state index in [0.717, 1.165) is 50.8 Å². The number of rotatable bonds is 7. The minimum Gasteiger partial charge on any atom is -0.376 e. The van der Waals surface area contributed by atoms with E-state index in [1.807, 2.05) is 12.1 Å². The third-order valence-corrected chi connectivity index (χ3v) is 8.25. The Bertz CT molecular complexity index is 1000. The fourth-order valence-corrected chi connectivity index (χ4v) is 6.02. The maximum atomic E-state index is 13.2. The van der Waals surface area contributed by atoms with Crippen molar-refractivity contribution in [1.29, 1.82) is 0 Å². The van der Waals surface area contributed by atoms with Crippen LogP contribution in [0, 0.1) is 0 Å². The first-order chi connectivity index (χ1) is 14.6. The lowest BCUT2D eigenvalue weighted by molar-refractivity contribution is 0.0199. The van der Waals surface area contributed by atoms with E-state index in [1.54, 1.807) is 10.4 Å². The molecule has 1 saturated heterocycles. The average molecular weight is 432 g/mol. The molecule has 0 bridgehead atoms. The van der Waals surface area contributed by atoms with Crippen LogP contribution >= 0.6 is 0 Å². The number of fused-ring (bicyclic) bond motifs is 1. The van der Waals surface area contributed by atoms with Crippen molar-refractivity contribution in [1.82, 2.24) is 14.4 Å². The lowest BCUT2D eigenvalue weighted by atomic mass is 9.92. The summed E-state index contributed by atoms with van der Waals surface area (Å²) in [6, 6.07) is 5.67. The number of nitrogens with zero attached hydrogens (tertiary/aromatic N) is 3. The number of ether oxygens (including phenoxy) is 1. The third kappa shape index (κ3) is 4.31. The van der Waals surface area contributed by atoms with Crippen LogP contribution in [0.4, 0.5) is 0 Å². The van der Waals surface area contributed by atoms with Crippen molar-refractivity contribution in [3.05, 3.63) is 41.0 Å². The van der Waals surface area contributed by atoms with Crippen molar-refractivity contribution in [2.24, 2.45) is 0 Å². The van der Waals surface area contributed by atoms with E-state index in [4.69, 9.17) is 9.26 Å². The molecule has 2 aromatic rings. The van der Waals surface area contributed by atoms with E-state index in [-0.39, 0.29) is 6.10 Å². The minimum absolute atomic E-state index is 0.0963. The van der Waals surface area contributed by atoms with E-state index in [0.29, 0.717) is 42.8 Å². The summed E-state index contributed by atoms with van der Waals surface area (Å²) in [4.78, 5) is 4.84. The molecule has 2 heterocycles. The highest BCUT2D eigenvalue weighted by Gasteiger charge is 2.32. The first-order valence-corrected chi connectivity index (χ1v) is 12.6. The second-order valence-corrected chi connectivity index (χ2v) is 10.6. The number of piperidine rings is 1. The maximum absolute atomic E-state index is 13.2. The number of aromatic nitrogens is 2. The van der Waals surface area contributed by atoms with Crippen molar-refractivity contribution >= 4 is 10.0 Å². The lowest BCUT2D eigenvalue weighted by Gasteiger charge is -2.32. The Balaban J connectivity index is 1.18. The minimum atomic E-state index is -3.49. The van der Waals surface area contributed by atoms with E-state index in [9.17, 15) is 8.42 Å². The smallest absolute Gasteiger partial charge is 0.243 e.